The molecule has 1 rings (SSSR count). The first-order valence-corrected chi connectivity index (χ1v) is 3.53. The Labute approximate surface area is 64.6 Å². The van der Waals surface area contributed by atoms with Crippen LogP contribution in [0.2, 0.25) is 0 Å². The molecule has 1 aliphatic heterocycles. The molecular formula is C7H12FNO2. The lowest BCUT2D eigenvalue weighted by atomic mass is 9.79. The third kappa shape index (κ3) is 1.01. The van der Waals surface area contributed by atoms with Crippen LogP contribution in [0.1, 0.15) is 13.8 Å². The van der Waals surface area contributed by atoms with E-state index in [2.05, 4.69) is 5.32 Å². The Bertz CT molecular complexity index is 193. The standard InChI is InChI=1S/C7H12FNO2/c1-6(2)3-9-4-7(6,8)5(10)11/h9H,3-4H2,1-2H3,(H,10,11)/t7-/m0/s1. The van der Waals surface area contributed by atoms with Gasteiger partial charge in [0.05, 0.1) is 0 Å². The third-order valence-electron chi connectivity index (χ3n) is 2.35. The normalized spacial score (nSPS) is 35.5. The SMILES string of the molecule is CC1(C)CNC[C@]1(F)C(=O)O. The smallest absolute Gasteiger partial charge is 0.343 e. The fourth-order valence-electron chi connectivity index (χ4n) is 1.29. The second-order valence-electron chi connectivity index (χ2n) is 3.59. The van der Waals surface area contributed by atoms with E-state index >= 15 is 0 Å². The Morgan fingerprint density at radius 1 is 1.55 bits per heavy atom. The van der Waals surface area contributed by atoms with E-state index in [-0.39, 0.29) is 6.54 Å². The van der Waals surface area contributed by atoms with Crippen molar-refractivity contribution in [1.82, 2.24) is 5.32 Å². The van der Waals surface area contributed by atoms with Crippen LogP contribution in [0.15, 0.2) is 0 Å². The van der Waals surface area contributed by atoms with Gasteiger partial charge in [0.15, 0.2) is 0 Å². The quantitative estimate of drug-likeness (QED) is 0.585. The lowest BCUT2D eigenvalue weighted by Crippen LogP contribution is -2.46. The predicted octanol–water partition coefficient (Wildman–Crippen LogP) is 0.409. The van der Waals surface area contributed by atoms with Crippen LogP contribution in [0.4, 0.5) is 4.39 Å². The van der Waals surface area contributed by atoms with Gasteiger partial charge in [0.25, 0.3) is 0 Å². The Morgan fingerprint density at radius 3 is 2.27 bits per heavy atom. The zero-order chi connectivity index (χ0) is 8.70. The third-order valence-corrected chi connectivity index (χ3v) is 2.35. The minimum absolute atomic E-state index is 0.0880. The molecule has 3 nitrogen and oxygen atoms in total. The molecule has 0 unspecified atom stereocenters. The highest BCUT2D eigenvalue weighted by molar-refractivity contribution is 5.79. The summed E-state index contributed by atoms with van der Waals surface area (Å²) >= 11 is 0. The molecule has 0 radical (unpaired) electrons. The lowest BCUT2D eigenvalue weighted by molar-refractivity contribution is -0.155. The van der Waals surface area contributed by atoms with Crippen LogP contribution in [0.5, 0.6) is 0 Å². The summed E-state index contributed by atoms with van der Waals surface area (Å²) in [5.74, 6) is -1.37. The molecule has 0 aliphatic carbocycles. The maximum Gasteiger partial charge on any atom is 0.343 e. The minimum Gasteiger partial charge on any atom is -0.479 e. The van der Waals surface area contributed by atoms with Crippen molar-refractivity contribution in [1.29, 1.82) is 0 Å². The molecule has 0 aromatic rings. The largest absolute Gasteiger partial charge is 0.479 e. The van der Waals surface area contributed by atoms with E-state index in [4.69, 9.17) is 5.11 Å². The fourth-order valence-corrected chi connectivity index (χ4v) is 1.29. The van der Waals surface area contributed by atoms with Crippen molar-refractivity contribution in [3.05, 3.63) is 0 Å². The number of hydrogen-bond donors (Lipinski definition) is 2. The number of halogens is 1. The maximum absolute atomic E-state index is 13.6. The van der Waals surface area contributed by atoms with Crippen LogP contribution in [-0.4, -0.2) is 29.8 Å². The van der Waals surface area contributed by atoms with Gasteiger partial charge in [0.2, 0.25) is 5.67 Å². The maximum atomic E-state index is 13.6. The van der Waals surface area contributed by atoms with Crippen LogP contribution in [0.25, 0.3) is 0 Å². The van der Waals surface area contributed by atoms with Crippen LogP contribution in [-0.2, 0) is 4.79 Å². The average molecular weight is 161 g/mol. The van der Waals surface area contributed by atoms with Gasteiger partial charge in [-0.2, -0.15) is 0 Å². The molecule has 1 atom stereocenters. The number of nitrogens with one attached hydrogen (secondary N) is 1. The topological polar surface area (TPSA) is 49.3 Å². The van der Waals surface area contributed by atoms with Crippen molar-refractivity contribution >= 4 is 5.97 Å². The van der Waals surface area contributed by atoms with Gasteiger partial charge in [-0.05, 0) is 0 Å². The number of carboxylic acids is 1. The number of carboxylic acid groups (broad SMARTS) is 1. The molecular weight excluding hydrogens is 149 g/mol. The molecule has 0 bridgehead atoms. The summed E-state index contributed by atoms with van der Waals surface area (Å²) in [6.07, 6.45) is 0. The van der Waals surface area contributed by atoms with Crippen molar-refractivity contribution in [2.75, 3.05) is 13.1 Å². The summed E-state index contributed by atoms with van der Waals surface area (Å²) < 4.78 is 13.6. The average Bonchev–Trinajstić information content (AvgIpc) is 2.09. The van der Waals surface area contributed by atoms with Gasteiger partial charge in [-0.15, -0.1) is 0 Å². The second-order valence-corrected chi connectivity index (χ2v) is 3.59. The van der Waals surface area contributed by atoms with E-state index in [0.29, 0.717) is 6.54 Å². The van der Waals surface area contributed by atoms with Crippen molar-refractivity contribution < 1.29 is 14.3 Å². The summed E-state index contributed by atoms with van der Waals surface area (Å²) in [5.41, 5.74) is -2.91. The zero-order valence-corrected chi connectivity index (χ0v) is 6.65. The molecule has 0 amide bonds. The highest BCUT2D eigenvalue weighted by atomic mass is 19.1. The van der Waals surface area contributed by atoms with Crippen LogP contribution in [0.3, 0.4) is 0 Å². The van der Waals surface area contributed by atoms with Gasteiger partial charge in [-0.25, -0.2) is 9.18 Å². The number of carbonyl (C=O) groups is 1. The monoisotopic (exact) mass is 161 g/mol. The Balaban J connectivity index is 2.93. The van der Waals surface area contributed by atoms with E-state index in [1.807, 2.05) is 0 Å². The summed E-state index contributed by atoms with van der Waals surface area (Å²) in [5, 5.41) is 11.3. The molecule has 4 heteroatoms. The summed E-state index contributed by atoms with van der Waals surface area (Å²) in [4.78, 5) is 10.5. The molecule has 0 saturated carbocycles. The van der Waals surface area contributed by atoms with Crippen molar-refractivity contribution in [3.8, 4) is 0 Å². The van der Waals surface area contributed by atoms with Crippen LogP contribution in [0, 0.1) is 5.41 Å². The van der Waals surface area contributed by atoms with Crippen molar-refractivity contribution in [2.24, 2.45) is 5.41 Å². The summed E-state index contributed by atoms with van der Waals surface area (Å²) in [6.45, 7) is 3.55. The number of aliphatic carboxylic acids is 1. The molecule has 11 heavy (non-hydrogen) atoms. The molecule has 64 valence electrons. The van der Waals surface area contributed by atoms with E-state index in [0.717, 1.165) is 0 Å². The fraction of sp³-hybridized carbons (Fsp3) is 0.857. The molecule has 0 spiro atoms. The molecule has 0 aromatic carbocycles. The van der Waals surface area contributed by atoms with Gasteiger partial charge in [-0.3, -0.25) is 0 Å². The number of hydrogen-bond acceptors (Lipinski definition) is 2. The molecule has 2 N–H and O–H groups in total. The highest BCUT2D eigenvalue weighted by Gasteiger charge is 2.55. The van der Waals surface area contributed by atoms with Gasteiger partial charge in [-0.1, -0.05) is 13.8 Å². The van der Waals surface area contributed by atoms with E-state index in [9.17, 15) is 9.18 Å². The zero-order valence-electron chi connectivity index (χ0n) is 6.65. The van der Waals surface area contributed by atoms with Crippen molar-refractivity contribution in [2.45, 2.75) is 19.5 Å². The first kappa shape index (κ1) is 8.46. The lowest BCUT2D eigenvalue weighted by Gasteiger charge is -2.28. The molecule has 1 heterocycles. The predicted molar refractivity (Wildman–Crippen MR) is 38.1 cm³/mol. The molecule has 0 aromatic heterocycles. The van der Waals surface area contributed by atoms with E-state index < -0.39 is 17.1 Å². The Hall–Kier alpha value is -0.640. The molecule has 1 fully saturated rings. The van der Waals surface area contributed by atoms with Gasteiger partial charge in [0, 0.05) is 18.5 Å². The second kappa shape index (κ2) is 2.17. The minimum atomic E-state index is -2.10. The first-order valence-electron chi connectivity index (χ1n) is 3.53. The van der Waals surface area contributed by atoms with Crippen LogP contribution < -0.4 is 5.32 Å². The van der Waals surface area contributed by atoms with Crippen molar-refractivity contribution in [3.63, 3.8) is 0 Å². The molecule has 1 aliphatic rings. The number of alkyl halides is 1. The number of rotatable bonds is 1. The van der Waals surface area contributed by atoms with Gasteiger partial charge < -0.3 is 10.4 Å². The van der Waals surface area contributed by atoms with E-state index in [1.54, 1.807) is 13.8 Å². The first-order chi connectivity index (χ1) is 4.90. The Morgan fingerprint density at radius 2 is 2.09 bits per heavy atom. The summed E-state index contributed by atoms with van der Waals surface area (Å²) in [7, 11) is 0. The van der Waals surface area contributed by atoms with Gasteiger partial charge >= 0.3 is 5.97 Å². The highest BCUT2D eigenvalue weighted by Crippen LogP contribution is 2.37. The van der Waals surface area contributed by atoms with E-state index in [1.165, 1.54) is 0 Å². The summed E-state index contributed by atoms with van der Waals surface area (Å²) in [6, 6.07) is 0. The Kier molecular flexibility index (Phi) is 1.67. The van der Waals surface area contributed by atoms with Gasteiger partial charge in [0.1, 0.15) is 0 Å². The molecule has 1 saturated heterocycles. The van der Waals surface area contributed by atoms with Crippen LogP contribution >= 0.6 is 0 Å².